The number of likely N-dealkylation sites (tertiary alicyclic amines) is 1. The molecule has 1 amide bonds. The van der Waals surface area contributed by atoms with Gasteiger partial charge in [-0.2, -0.15) is 0 Å². The summed E-state index contributed by atoms with van der Waals surface area (Å²) in [5.41, 5.74) is 2.02. The van der Waals surface area contributed by atoms with E-state index in [2.05, 4.69) is 74.5 Å². The van der Waals surface area contributed by atoms with Gasteiger partial charge in [0.15, 0.2) is 5.79 Å². The van der Waals surface area contributed by atoms with Gasteiger partial charge in [-0.05, 0) is 34.9 Å². The third kappa shape index (κ3) is 4.65. The highest BCUT2D eigenvalue weighted by molar-refractivity contribution is 5.88. The summed E-state index contributed by atoms with van der Waals surface area (Å²) >= 11 is 0. The smallest absolute Gasteiger partial charge is 0.231 e. The zero-order valence-electron chi connectivity index (χ0n) is 26.4. The predicted octanol–water partition coefficient (Wildman–Crippen LogP) is 6.44. The van der Waals surface area contributed by atoms with Crippen LogP contribution in [-0.4, -0.2) is 56.6 Å². The predicted molar refractivity (Wildman–Crippen MR) is 168 cm³/mol. The first-order valence-corrected chi connectivity index (χ1v) is 16.1. The first-order valence-electron chi connectivity index (χ1n) is 16.1. The van der Waals surface area contributed by atoms with Crippen LogP contribution in [0.2, 0.25) is 0 Å². The Balaban J connectivity index is 1.29. The molecule has 0 N–H and O–H groups in total. The van der Waals surface area contributed by atoms with E-state index in [0.29, 0.717) is 39.3 Å². The molecule has 44 heavy (non-hydrogen) atoms. The largest absolute Gasteiger partial charge is 0.376 e. The molecule has 4 aliphatic rings. The van der Waals surface area contributed by atoms with Crippen molar-refractivity contribution in [1.29, 1.82) is 0 Å². The number of hydrogen-bond donors (Lipinski definition) is 0. The molecule has 6 nitrogen and oxygen atoms in total. The van der Waals surface area contributed by atoms with Crippen LogP contribution >= 0.6 is 0 Å². The summed E-state index contributed by atoms with van der Waals surface area (Å²) in [7, 11) is 3.81. The summed E-state index contributed by atoms with van der Waals surface area (Å²) in [5.74, 6) is -0.238. The van der Waals surface area contributed by atoms with E-state index in [1.54, 1.807) is 0 Å². The molecule has 2 heterocycles. The number of amides is 1. The normalized spacial score (nSPS) is 30.2. The topological polar surface area (TPSA) is 57.2 Å². The fourth-order valence-corrected chi connectivity index (χ4v) is 9.12. The van der Waals surface area contributed by atoms with Crippen LogP contribution < -0.4 is 0 Å². The number of benzene rings is 3. The molecule has 2 saturated carbocycles. The number of methoxy groups -OCH3 is 1. The Hall–Kier alpha value is -3.03. The van der Waals surface area contributed by atoms with Gasteiger partial charge in [0.05, 0.1) is 31.8 Å². The van der Waals surface area contributed by atoms with Gasteiger partial charge in [-0.3, -0.25) is 4.79 Å². The second kappa shape index (κ2) is 11.1. The van der Waals surface area contributed by atoms with Crippen LogP contribution in [0.1, 0.15) is 49.8 Å². The van der Waals surface area contributed by atoms with Gasteiger partial charge >= 0.3 is 0 Å². The minimum absolute atomic E-state index is 0.0221. The lowest BCUT2D eigenvalue weighted by Crippen LogP contribution is -2.59. The summed E-state index contributed by atoms with van der Waals surface area (Å²) in [6.45, 7) is 6.56. The number of carbonyl (C=O) groups is 1. The average Bonchev–Trinajstić information content (AvgIpc) is 3.34. The third-order valence-electron chi connectivity index (χ3n) is 11.2. The number of carbonyl (C=O) groups excluding carboxylic acids is 1. The van der Waals surface area contributed by atoms with Crippen LogP contribution in [0.25, 0.3) is 0 Å². The number of rotatable bonds is 9. The molecule has 0 aromatic heterocycles. The number of nitrogens with zero attached hydrogens (tertiary/aromatic N) is 1. The Morgan fingerprint density at radius 1 is 0.841 bits per heavy atom. The molecule has 2 saturated heterocycles. The molecule has 7 rings (SSSR count). The van der Waals surface area contributed by atoms with E-state index < -0.39 is 16.8 Å². The van der Waals surface area contributed by atoms with Gasteiger partial charge in [0.25, 0.3) is 0 Å². The van der Waals surface area contributed by atoms with Gasteiger partial charge in [0.2, 0.25) is 5.91 Å². The fourth-order valence-electron chi connectivity index (χ4n) is 9.12. The fraction of sp³-hybridized carbons (Fsp3) is 0.500. The number of piperidine rings is 1. The van der Waals surface area contributed by atoms with E-state index in [-0.39, 0.29) is 35.1 Å². The SMILES string of the molecule is COC(C[C@@H]1[C@H]2[C@H]3CC4(C[C@@H]1[C@@]3(COCc1ccccc1)C(=O)N2C)OCC(C)(C)CO4)(c1ccccc1)c1ccccc1. The molecule has 3 aromatic rings. The lowest BCUT2D eigenvalue weighted by atomic mass is 9.61. The average molecular weight is 596 g/mol. The Morgan fingerprint density at radius 3 is 1.95 bits per heavy atom. The quantitative estimate of drug-likeness (QED) is 0.285. The van der Waals surface area contributed by atoms with E-state index in [9.17, 15) is 4.79 Å². The molecule has 0 radical (unpaired) electrons. The van der Waals surface area contributed by atoms with Crippen LogP contribution in [0.3, 0.4) is 0 Å². The Bertz CT molecular complexity index is 1410. The van der Waals surface area contributed by atoms with E-state index in [1.807, 2.05) is 49.4 Å². The lowest BCUT2D eigenvalue weighted by molar-refractivity contribution is -0.326. The summed E-state index contributed by atoms with van der Waals surface area (Å²) in [4.78, 5) is 16.4. The standard InChI is InChI=1S/C38H45NO5/c1-35(2)24-43-36(44-25-35)21-31-30(20-38(41-4,28-16-10-6-11-17-28)29-18-12-7-13-19-29)33-32(22-36)37(31,34(40)39(33)3)26-42-23-27-14-8-5-9-15-27/h5-19,30-33H,20-26H2,1-4H3/t30-,31-,32+,33-,37+/m0/s1. The maximum atomic E-state index is 14.4. The highest BCUT2D eigenvalue weighted by atomic mass is 16.7. The van der Waals surface area contributed by atoms with Crippen molar-refractivity contribution in [3.05, 3.63) is 108 Å². The van der Waals surface area contributed by atoms with Crippen molar-refractivity contribution in [2.75, 3.05) is 34.0 Å². The van der Waals surface area contributed by atoms with Crippen molar-refractivity contribution in [2.45, 2.75) is 57.1 Å². The van der Waals surface area contributed by atoms with Crippen molar-refractivity contribution in [2.24, 2.45) is 28.6 Å². The van der Waals surface area contributed by atoms with Gasteiger partial charge < -0.3 is 23.8 Å². The maximum Gasteiger partial charge on any atom is 0.231 e. The summed E-state index contributed by atoms with van der Waals surface area (Å²) in [6.07, 6.45) is 2.11. The van der Waals surface area contributed by atoms with Gasteiger partial charge in [0, 0.05) is 44.4 Å². The Morgan fingerprint density at radius 2 is 1.39 bits per heavy atom. The van der Waals surface area contributed by atoms with E-state index in [4.69, 9.17) is 18.9 Å². The molecule has 2 aliphatic carbocycles. The van der Waals surface area contributed by atoms with E-state index >= 15 is 0 Å². The zero-order valence-corrected chi connectivity index (χ0v) is 26.4. The molecular formula is C38H45NO5. The van der Waals surface area contributed by atoms with Crippen molar-refractivity contribution in [1.82, 2.24) is 4.90 Å². The van der Waals surface area contributed by atoms with Crippen LogP contribution in [0.4, 0.5) is 0 Å². The molecule has 0 unspecified atom stereocenters. The summed E-state index contributed by atoms with van der Waals surface area (Å²) in [6, 6.07) is 31.4. The molecule has 4 bridgehead atoms. The van der Waals surface area contributed by atoms with Crippen molar-refractivity contribution < 1.29 is 23.7 Å². The second-order valence-electron chi connectivity index (χ2n) is 14.3. The molecule has 1 spiro atoms. The zero-order chi connectivity index (χ0) is 30.6. The monoisotopic (exact) mass is 595 g/mol. The van der Waals surface area contributed by atoms with Gasteiger partial charge in [-0.1, -0.05) is 105 Å². The Kier molecular flexibility index (Phi) is 7.48. The van der Waals surface area contributed by atoms with Crippen LogP contribution in [0.5, 0.6) is 0 Å². The summed E-state index contributed by atoms with van der Waals surface area (Å²) in [5, 5.41) is 0. The summed E-state index contributed by atoms with van der Waals surface area (Å²) < 4.78 is 26.5. The van der Waals surface area contributed by atoms with Gasteiger partial charge in [-0.15, -0.1) is 0 Å². The van der Waals surface area contributed by atoms with Crippen LogP contribution in [0.15, 0.2) is 91.0 Å². The number of ether oxygens (including phenoxy) is 4. The van der Waals surface area contributed by atoms with E-state index in [0.717, 1.165) is 23.1 Å². The highest BCUT2D eigenvalue weighted by Crippen LogP contribution is 2.69. The van der Waals surface area contributed by atoms with Gasteiger partial charge in [0.1, 0.15) is 5.60 Å². The third-order valence-corrected chi connectivity index (χ3v) is 11.2. The molecule has 4 fully saturated rings. The molecule has 232 valence electrons. The Labute approximate surface area is 261 Å². The first-order chi connectivity index (χ1) is 21.2. The lowest BCUT2D eigenvalue weighted by Gasteiger charge is -2.53. The van der Waals surface area contributed by atoms with E-state index in [1.165, 1.54) is 0 Å². The first kappa shape index (κ1) is 29.7. The van der Waals surface area contributed by atoms with Crippen molar-refractivity contribution in [3.8, 4) is 0 Å². The number of hydrogen-bond acceptors (Lipinski definition) is 5. The molecule has 5 atom stereocenters. The highest BCUT2D eigenvalue weighted by Gasteiger charge is 2.76. The minimum atomic E-state index is -0.679. The van der Waals surface area contributed by atoms with Crippen LogP contribution in [-0.2, 0) is 35.9 Å². The molecule has 3 aromatic carbocycles. The molecule has 2 aliphatic heterocycles. The van der Waals surface area contributed by atoms with Crippen molar-refractivity contribution in [3.63, 3.8) is 0 Å². The minimum Gasteiger partial charge on any atom is -0.376 e. The molecule has 6 heteroatoms. The second-order valence-corrected chi connectivity index (χ2v) is 14.3. The van der Waals surface area contributed by atoms with Crippen LogP contribution in [0, 0.1) is 28.6 Å². The van der Waals surface area contributed by atoms with Gasteiger partial charge in [-0.25, -0.2) is 0 Å². The van der Waals surface area contributed by atoms with Crippen molar-refractivity contribution >= 4 is 5.91 Å². The maximum absolute atomic E-state index is 14.4. The molecular weight excluding hydrogens is 550 g/mol.